The lowest BCUT2D eigenvalue weighted by molar-refractivity contribution is -0.136. The molecule has 2 aromatic rings. The summed E-state index contributed by atoms with van der Waals surface area (Å²) in [5, 5.41) is 5.36. The summed E-state index contributed by atoms with van der Waals surface area (Å²) >= 11 is 0. The molecule has 0 radical (unpaired) electrons. The van der Waals surface area contributed by atoms with E-state index in [9.17, 15) is 9.59 Å². The maximum atomic E-state index is 12.1. The molecule has 132 valence electrons. The first-order chi connectivity index (χ1) is 11.9. The molecule has 1 unspecified atom stereocenters. The smallest absolute Gasteiger partial charge is 0.313 e. The highest BCUT2D eigenvalue weighted by Crippen LogP contribution is 2.17. The van der Waals surface area contributed by atoms with Crippen LogP contribution in [-0.4, -0.2) is 25.9 Å². The molecular formula is C20H25N3O2. The summed E-state index contributed by atoms with van der Waals surface area (Å²) in [6, 6.07) is 15.1. The molecule has 2 rings (SSSR count). The lowest BCUT2D eigenvalue weighted by Crippen LogP contribution is -2.36. The molecule has 0 aliphatic heterocycles. The fraction of sp³-hybridized carbons (Fsp3) is 0.300. The van der Waals surface area contributed by atoms with Crippen LogP contribution in [-0.2, 0) is 16.0 Å². The number of amides is 2. The van der Waals surface area contributed by atoms with Gasteiger partial charge in [0, 0.05) is 25.5 Å². The highest BCUT2D eigenvalue weighted by atomic mass is 16.2. The van der Waals surface area contributed by atoms with E-state index in [1.807, 2.05) is 68.4 Å². The second kappa shape index (κ2) is 8.33. The van der Waals surface area contributed by atoms with Crippen molar-refractivity contribution in [1.82, 2.24) is 5.32 Å². The van der Waals surface area contributed by atoms with Crippen molar-refractivity contribution in [3.63, 3.8) is 0 Å². The molecule has 0 aliphatic rings. The van der Waals surface area contributed by atoms with Gasteiger partial charge in [-0.3, -0.25) is 9.59 Å². The number of anilines is 2. The van der Waals surface area contributed by atoms with Crippen LogP contribution in [0.15, 0.2) is 48.5 Å². The summed E-state index contributed by atoms with van der Waals surface area (Å²) in [5.74, 6) is -1.32. The van der Waals surface area contributed by atoms with Crippen molar-refractivity contribution in [3.05, 3.63) is 59.7 Å². The number of aryl methyl sites for hydroxylation is 1. The molecule has 25 heavy (non-hydrogen) atoms. The van der Waals surface area contributed by atoms with Gasteiger partial charge in [-0.25, -0.2) is 0 Å². The molecule has 0 aliphatic carbocycles. The lowest BCUT2D eigenvalue weighted by Gasteiger charge is -2.16. The molecule has 5 nitrogen and oxygen atoms in total. The molecule has 1 atom stereocenters. The van der Waals surface area contributed by atoms with E-state index in [1.165, 1.54) is 5.56 Å². The lowest BCUT2D eigenvalue weighted by atomic mass is 10.1. The van der Waals surface area contributed by atoms with Gasteiger partial charge in [0.05, 0.1) is 6.04 Å². The van der Waals surface area contributed by atoms with Gasteiger partial charge in [-0.15, -0.1) is 0 Å². The Hall–Kier alpha value is -2.82. The van der Waals surface area contributed by atoms with Crippen LogP contribution < -0.4 is 15.5 Å². The Morgan fingerprint density at radius 3 is 2.32 bits per heavy atom. The molecule has 0 heterocycles. The number of benzene rings is 2. The van der Waals surface area contributed by atoms with Crippen LogP contribution in [0.3, 0.4) is 0 Å². The molecule has 5 heteroatoms. The average molecular weight is 339 g/mol. The number of carbonyl (C=O) groups is 2. The maximum Gasteiger partial charge on any atom is 0.313 e. The fourth-order valence-corrected chi connectivity index (χ4v) is 2.44. The van der Waals surface area contributed by atoms with Crippen molar-refractivity contribution in [2.24, 2.45) is 0 Å². The number of rotatable bonds is 5. The van der Waals surface area contributed by atoms with Crippen molar-refractivity contribution in [2.75, 3.05) is 24.3 Å². The molecule has 2 amide bonds. The number of hydrogen-bond donors (Lipinski definition) is 2. The SMILES string of the molecule is CCc1ccc(C(C)NC(=O)C(=O)Nc2cccc(N(C)C)c2)cc1. The van der Waals surface area contributed by atoms with E-state index in [0.29, 0.717) is 5.69 Å². The number of hydrogen-bond acceptors (Lipinski definition) is 3. The van der Waals surface area contributed by atoms with Gasteiger partial charge in [0.1, 0.15) is 0 Å². The zero-order valence-electron chi connectivity index (χ0n) is 15.2. The van der Waals surface area contributed by atoms with Crippen LogP contribution in [0.25, 0.3) is 0 Å². The highest BCUT2D eigenvalue weighted by Gasteiger charge is 2.17. The molecule has 0 spiro atoms. The maximum absolute atomic E-state index is 12.1. The summed E-state index contributed by atoms with van der Waals surface area (Å²) in [5.41, 5.74) is 3.74. The Kier molecular flexibility index (Phi) is 6.17. The largest absolute Gasteiger partial charge is 0.378 e. The Labute approximate surface area is 149 Å². The van der Waals surface area contributed by atoms with Crippen LogP contribution in [0.5, 0.6) is 0 Å². The Bertz CT molecular complexity index is 739. The molecule has 0 saturated carbocycles. The highest BCUT2D eigenvalue weighted by molar-refractivity contribution is 6.39. The zero-order chi connectivity index (χ0) is 18.4. The number of nitrogens with zero attached hydrogens (tertiary/aromatic N) is 1. The average Bonchev–Trinajstić information content (AvgIpc) is 2.61. The zero-order valence-corrected chi connectivity index (χ0v) is 15.2. The molecular weight excluding hydrogens is 314 g/mol. The van der Waals surface area contributed by atoms with Gasteiger partial charge in [0.25, 0.3) is 0 Å². The van der Waals surface area contributed by atoms with E-state index < -0.39 is 11.8 Å². The molecule has 2 N–H and O–H groups in total. The third-order valence-electron chi connectivity index (χ3n) is 4.06. The summed E-state index contributed by atoms with van der Waals surface area (Å²) in [6.45, 7) is 3.95. The Morgan fingerprint density at radius 1 is 1.04 bits per heavy atom. The van der Waals surface area contributed by atoms with Crippen molar-refractivity contribution in [3.8, 4) is 0 Å². The quantitative estimate of drug-likeness (QED) is 0.823. The first kappa shape index (κ1) is 18.5. The number of nitrogens with one attached hydrogen (secondary N) is 2. The second-order valence-electron chi connectivity index (χ2n) is 6.19. The van der Waals surface area contributed by atoms with Crippen LogP contribution in [0.1, 0.15) is 31.0 Å². The normalized spacial score (nSPS) is 11.5. The third kappa shape index (κ3) is 5.08. The Morgan fingerprint density at radius 2 is 1.72 bits per heavy atom. The van der Waals surface area contributed by atoms with Crippen LogP contribution in [0, 0.1) is 0 Å². The molecule has 0 saturated heterocycles. The fourth-order valence-electron chi connectivity index (χ4n) is 2.44. The van der Waals surface area contributed by atoms with E-state index in [2.05, 4.69) is 17.6 Å². The minimum absolute atomic E-state index is 0.239. The van der Waals surface area contributed by atoms with Crippen molar-refractivity contribution in [2.45, 2.75) is 26.3 Å². The first-order valence-corrected chi connectivity index (χ1v) is 8.38. The van der Waals surface area contributed by atoms with Crippen molar-refractivity contribution in [1.29, 1.82) is 0 Å². The van der Waals surface area contributed by atoms with Crippen molar-refractivity contribution >= 4 is 23.2 Å². The van der Waals surface area contributed by atoms with E-state index in [1.54, 1.807) is 6.07 Å². The second-order valence-corrected chi connectivity index (χ2v) is 6.19. The molecule has 0 fully saturated rings. The number of carbonyl (C=O) groups excluding carboxylic acids is 2. The monoisotopic (exact) mass is 339 g/mol. The van der Waals surface area contributed by atoms with E-state index >= 15 is 0 Å². The van der Waals surface area contributed by atoms with Crippen molar-refractivity contribution < 1.29 is 9.59 Å². The van der Waals surface area contributed by atoms with Gasteiger partial charge >= 0.3 is 11.8 Å². The van der Waals surface area contributed by atoms with Gasteiger partial charge < -0.3 is 15.5 Å². The van der Waals surface area contributed by atoms with E-state index in [4.69, 9.17) is 0 Å². The summed E-state index contributed by atoms with van der Waals surface area (Å²) in [7, 11) is 3.83. The summed E-state index contributed by atoms with van der Waals surface area (Å²) < 4.78 is 0. The third-order valence-corrected chi connectivity index (χ3v) is 4.06. The van der Waals surface area contributed by atoms with E-state index in [-0.39, 0.29) is 6.04 Å². The van der Waals surface area contributed by atoms with Gasteiger partial charge in [-0.1, -0.05) is 37.3 Å². The van der Waals surface area contributed by atoms with Crippen LogP contribution in [0.4, 0.5) is 11.4 Å². The van der Waals surface area contributed by atoms with Gasteiger partial charge in [0.15, 0.2) is 0 Å². The van der Waals surface area contributed by atoms with Crippen LogP contribution >= 0.6 is 0 Å². The predicted molar refractivity (Wildman–Crippen MR) is 102 cm³/mol. The predicted octanol–water partition coefficient (Wildman–Crippen LogP) is 3.13. The Balaban J connectivity index is 1.97. The van der Waals surface area contributed by atoms with Crippen LogP contribution in [0.2, 0.25) is 0 Å². The van der Waals surface area contributed by atoms with Gasteiger partial charge in [-0.2, -0.15) is 0 Å². The molecule has 0 bridgehead atoms. The minimum Gasteiger partial charge on any atom is -0.378 e. The summed E-state index contributed by atoms with van der Waals surface area (Å²) in [4.78, 5) is 26.2. The van der Waals surface area contributed by atoms with Gasteiger partial charge in [0.2, 0.25) is 0 Å². The topological polar surface area (TPSA) is 61.4 Å². The minimum atomic E-state index is -0.673. The summed E-state index contributed by atoms with van der Waals surface area (Å²) in [6.07, 6.45) is 0.968. The standard InChI is InChI=1S/C20H25N3O2/c1-5-15-9-11-16(12-10-15)14(2)21-19(24)20(25)22-17-7-6-8-18(13-17)23(3)4/h6-14H,5H2,1-4H3,(H,21,24)(H,22,25). The van der Waals surface area contributed by atoms with Gasteiger partial charge in [-0.05, 0) is 42.7 Å². The van der Waals surface area contributed by atoms with E-state index in [0.717, 1.165) is 17.7 Å². The first-order valence-electron chi connectivity index (χ1n) is 8.38. The molecule has 2 aromatic carbocycles. The molecule has 0 aromatic heterocycles.